The third-order valence-electron chi connectivity index (χ3n) is 5.74. The van der Waals surface area contributed by atoms with E-state index in [1.807, 2.05) is 23.1 Å². The molecule has 0 saturated carbocycles. The number of urea groups is 1. The number of benzene rings is 1. The number of amides is 2. The molecule has 0 spiro atoms. The van der Waals surface area contributed by atoms with Gasteiger partial charge in [0.05, 0.1) is 13.7 Å². The van der Waals surface area contributed by atoms with Gasteiger partial charge in [-0.05, 0) is 49.9 Å². The molecule has 4 rings (SSSR count). The smallest absolute Gasteiger partial charge is 0.497 e. The molecule has 3 heterocycles. The van der Waals surface area contributed by atoms with Crippen molar-refractivity contribution in [2.45, 2.75) is 32.2 Å². The SMILES string of the molecule is CCOC(=O)Oc1cc(N2CCC(N3CCc4cc(OC)ccc4NC3=O)CC2)ncn1. The van der Waals surface area contributed by atoms with E-state index in [9.17, 15) is 9.59 Å². The molecule has 0 aliphatic carbocycles. The molecule has 0 radical (unpaired) electrons. The number of nitrogens with one attached hydrogen (secondary N) is 1. The van der Waals surface area contributed by atoms with E-state index in [2.05, 4.69) is 20.2 Å². The van der Waals surface area contributed by atoms with Crippen molar-refractivity contribution in [3.05, 3.63) is 36.2 Å². The number of anilines is 2. The van der Waals surface area contributed by atoms with Crippen LogP contribution in [-0.2, 0) is 11.2 Å². The van der Waals surface area contributed by atoms with Crippen LogP contribution in [0.3, 0.4) is 0 Å². The van der Waals surface area contributed by atoms with Crippen molar-refractivity contribution in [1.29, 1.82) is 0 Å². The lowest BCUT2D eigenvalue weighted by Crippen LogP contribution is -2.49. The third kappa shape index (κ3) is 4.84. The molecule has 1 fully saturated rings. The first-order chi connectivity index (χ1) is 15.6. The number of piperidine rings is 1. The van der Waals surface area contributed by atoms with E-state index in [1.54, 1.807) is 20.1 Å². The van der Waals surface area contributed by atoms with Gasteiger partial charge in [0, 0.05) is 37.4 Å². The summed E-state index contributed by atoms with van der Waals surface area (Å²) in [5, 5.41) is 3.04. The minimum atomic E-state index is -0.790. The summed E-state index contributed by atoms with van der Waals surface area (Å²) in [5.74, 6) is 1.61. The molecule has 10 heteroatoms. The minimum absolute atomic E-state index is 0.0699. The summed E-state index contributed by atoms with van der Waals surface area (Å²) in [6.07, 6.45) is 2.97. The average molecular weight is 441 g/mol. The first kappa shape index (κ1) is 21.7. The number of nitrogens with zero attached hydrogens (tertiary/aromatic N) is 4. The number of aromatic nitrogens is 2. The fraction of sp³-hybridized carbons (Fsp3) is 0.455. The molecule has 1 aromatic heterocycles. The Morgan fingerprint density at radius 1 is 1.19 bits per heavy atom. The molecule has 1 saturated heterocycles. The Morgan fingerprint density at radius 2 is 2.00 bits per heavy atom. The first-order valence-electron chi connectivity index (χ1n) is 10.7. The van der Waals surface area contributed by atoms with Gasteiger partial charge in [0.15, 0.2) is 0 Å². The lowest BCUT2D eigenvalue weighted by Gasteiger charge is -2.38. The third-order valence-corrected chi connectivity index (χ3v) is 5.74. The van der Waals surface area contributed by atoms with Crippen molar-refractivity contribution < 1.29 is 23.8 Å². The molecule has 0 unspecified atom stereocenters. The van der Waals surface area contributed by atoms with Crippen molar-refractivity contribution in [2.75, 3.05) is 43.6 Å². The lowest BCUT2D eigenvalue weighted by molar-refractivity contribution is 0.102. The molecule has 2 amide bonds. The van der Waals surface area contributed by atoms with Crippen LogP contribution in [0, 0.1) is 0 Å². The van der Waals surface area contributed by atoms with Crippen LogP contribution in [0.5, 0.6) is 11.6 Å². The average Bonchev–Trinajstić information content (AvgIpc) is 2.97. The number of carbonyl (C=O) groups excluding carboxylic acids is 2. The second kappa shape index (κ2) is 9.71. The van der Waals surface area contributed by atoms with E-state index in [4.69, 9.17) is 14.2 Å². The molecule has 170 valence electrons. The second-order valence-corrected chi connectivity index (χ2v) is 7.61. The Bertz CT molecular complexity index is 977. The number of carbonyl (C=O) groups is 2. The highest BCUT2D eigenvalue weighted by Gasteiger charge is 2.30. The van der Waals surface area contributed by atoms with Crippen molar-refractivity contribution in [3.63, 3.8) is 0 Å². The minimum Gasteiger partial charge on any atom is -0.497 e. The Balaban J connectivity index is 1.37. The normalized spacial score (nSPS) is 16.6. The zero-order chi connectivity index (χ0) is 22.5. The van der Waals surface area contributed by atoms with Crippen LogP contribution in [0.2, 0.25) is 0 Å². The van der Waals surface area contributed by atoms with E-state index in [-0.39, 0.29) is 24.6 Å². The lowest BCUT2D eigenvalue weighted by atomic mass is 10.0. The van der Waals surface area contributed by atoms with E-state index < -0.39 is 6.16 Å². The Kier molecular flexibility index (Phi) is 6.58. The molecule has 1 N–H and O–H groups in total. The topological polar surface area (TPSA) is 106 Å². The second-order valence-electron chi connectivity index (χ2n) is 7.61. The summed E-state index contributed by atoms with van der Waals surface area (Å²) in [5.41, 5.74) is 1.92. The Morgan fingerprint density at radius 3 is 2.75 bits per heavy atom. The maximum absolute atomic E-state index is 12.9. The van der Waals surface area contributed by atoms with Crippen molar-refractivity contribution in [1.82, 2.24) is 14.9 Å². The number of fused-ring (bicyclic) bond motifs is 1. The molecule has 2 aliphatic heterocycles. The zero-order valence-electron chi connectivity index (χ0n) is 18.2. The highest BCUT2D eigenvalue weighted by molar-refractivity contribution is 5.91. The molecule has 1 aromatic carbocycles. The predicted molar refractivity (Wildman–Crippen MR) is 117 cm³/mol. The quantitative estimate of drug-likeness (QED) is 0.706. The van der Waals surface area contributed by atoms with Gasteiger partial charge in [-0.15, -0.1) is 0 Å². The Hall–Kier alpha value is -3.56. The fourth-order valence-corrected chi connectivity index (χ4v) is 4.10. The number of hydrogen-bond acceptors (Lipinski definition) is 8. The first-order valence-corrected chi connectivity index (χ1v) is 10.7. The van der Waals surface area contributed by atoms with Gasteiger partial charge in [0.2, 0.25) is 5.88 Å². The van der Waals surface area contributed by atoms with Crippen LogP contribution in [0.4, 0.5) is 21.1 Å². The fourth-order valence-electron chi connectivity index (χ4n) is 4.10. The van der Waals surface area contributed by atoms with Gasteiger partial charge in [-0.25, -0.2) is 19.6 Å². The predicted octanol–water partition coefficient (Wildman–Crippen LogP) is 3.08. The summed E-state index contributed by atoms with van der Waals surface area (Å²) >= 11 is 0. The molecular formula is C22H27N5O5. The monoisotopic (exact) mass is 441 g/mol. The van der Waals surface area contributed by atoms with Crippen molar-refractivity contribution in [2.24, 2.45) is 0 Å². The van der Waals surface area contributed by atoms with E-state index in [1.165, 1.54) is 6.33 Å². The van der Waals surface area contributed by atoms with Gasteiger partial charge in [-0.3, -0.25) is 0 Å². The Labute approximate surface area is 186 Å². The molecule has 0 atom stereocenters. The number of methoxy groups -OCH3 is 1. The van der Waals surface area contributed by atoms with E-state index in [0.29, 0.717) is 12.4 Å². The van der Waals surface area contributed by atoms with Crippen LogP contribution < -0.4 is 19.7 Å². The molecular weight excluding hydrogens is 414 g/mol. The van der Waals surface area contributed by atoms with Gasteiger partial charge < -0.3 is 29.3 Å². The van der Waals surface area contributed by atoms with Gasteiger partial charge >= 0.3 is 12.2 Å². The molecule has 2 aromatic rings. The van der Waals surface area contributed by atoms with Gasteiger partial charge in [-0.1, -0.05) is 0 Å². The molecule has 10 nitrogen and oxygen atoms in total. The zero-order valence-corrected chi connectivity index (χ0v) is 18.2. The summed E-state index contributed by atoms with van der Waals surface area (Å²) < 4.78 is 15.2. The maximum atomic E-state index is 12.9. The van der Waals surface area contributed by atoms with Crippen LogP contribution in [0.15, 0.2) is 30.6 Å². The van der Waals surface area contributed by atoms with Gasteiger partial charge in [0.1, 0.15) is 17.9 Å². The van der Waals surface area contributed by atoms with Crippen molar-refractivity contribution >= 4 is 23.7 Å². The van der Waals surface area contributed by atoms with Crippen molar-refractivity contribution in [3.8, 4) is 11.6 Å². The van der Waals surface area contributed by atoms with Crippen LogP contribution in [0.1, 0.15) is 25.3 Å². The largest absolute Gasteiger partial charge is 0.515 e. The van der Waals surface area contributed by atoms with Crippen LogP contribution in [0.25, 0.3) is 0 Å². The molecule has 0 bridgehead atoms. The summed E-state index contributed by atoms with van der Waals surface area (Å²) in [4.78, 5) is 36.7. The van der Waals surface area contributed by atoms with Crippen LogP contribution in [-0.4, -0.2) is 66.4 Å². The number of ether oxygens (including phenoxy) is 3. The standard InChI is InChI=1S/C22H27N5O5/c1-3-31-22(29)32-20-13-19(23-14-24-20)26-9-7-16(8-10-26)27-11-6-15-12-17(30-2)4-5-18(15)25-21(27)28/h4-5,12-14,16H,3,6-11H2,1-2H3,(H,25,28). The summed E-state index contributed by atoms with van der Waals surface area (Å²) in [7, 11) is 1.64. The summed E-state index contributed by atoms with van der Waals surface area (Å²) in [6, 6.07) is 7.42. The van der Waals surface area contributed by atoms with E-state index in [0.717, 1.165) is 49.4 Å². The summed E-state index contributed by atoms with van der Waals surface area (Å²) in [6.45, 7) is 4.04. The number of hydrogen-bond donors (Lipinski definition) is 1. The molecule has 2 aliphatic rings. The maximum Gasteiger partial charge on any atom is 0.515 e. The van der Waals surface area contributed by atoms with Gasteiger partial charge in [0.25, 0.3) is 0 Å². The number of rotatable bonds is 5. The molecule has 32 heavy (non-hydrogen) atoms. The van der Waals surface area contributed by atoms with Gasteiger partial charge in [-0.2, -0.15) is 0 Å². The van der Waals surface area contributed by atoms with E-state index >= 15 is 0 Å². The van der Waals surface area contributed by atoms with Crippen LogP contribution >= 0.6 is 0 Å². The highest BCUT2D eigenvalue weighted by Crippen LogP contribution is 2.28. The highest BCUT2D eigenvalue weighted by atomic mass is 16.7.